The first kappa shape index (κ1) is 33.9. The Morgan fingerprint density at radius 1 is 0.500 bits per heavy atom. The van der Waals surface area contributed by atoms with Crippen LogP contribution in [0, 0.1) is 0 Å². The van der Waals surface area contributed by atoms with E-state index in [1.807, 2.05) is 20.8 Å². The predicted molar refractivity (Wildman–Crippen MR) is 88.6 cm³/mol. The molecule has 9 nitrogen and oxygen atoms in total. The van der Waals surface area contributed by atoms with E-state index >= 15 is 0 Å². The van der Waals surface area contributed by atoms with E-state index in [-0.39, 0.29) is 43.6 Å². The molecule has 10 heteroatoms. The normalized spacial score (nSPS) is 8.68. The molecule has 1 radical (unpaired) electrons. The standard InChI is InChI=1S/3C6H10O3.Zr/c3*1-2-3-5(7)4-6(8)9;/h3*2-4H2,1H3,(H,8,9);/q;;;+3/p-3. The van der Waals surface area contributed by atoms with Gasteiger partial charge in [0.2, 0.25) is 0 Å². The molecule has 0 amide bonds. The van der Waals surface area contributed by atoms with E-state index in [4.69, 9.17) is 0 Å². The monoisotopic (exact) mass is 477 g/mol. The molecule has 28 heavy (non-hydrogen) atoms. The first-order chi connectivity index (χ1) is 12.5. The van der Waals surface area contributed by atoms with Gasteiger partial charge in [-0.3, -0.25) is 14.4 Å². The zero-order valence-electron chi connectivity index (χ0n) is 16.5. The quantitative estimate of drug-likeness (QED) is 0.302. The molecule has 0 aromatic heterocycles. The van der Waals surface area contributed by atoms with Gasteiger partial charge in [0, 0.05) is 56.4 Å². The molecule has 0 rings (SSSR count). The molecule has 157 valence electrons. The Bertz CT molecular complexity index is 430. The third-order valence-electron chi connectivity index (χ3n) is 2.61. The molecule has 0 fully saturated rings. The van der Waals surface area contributed by atoms with E-state index in [1.54, 1.807) is 0 Å². The summed E-state index contributed by atoms with van der Waals surface area (Å²) < 4.78 is 0. The van der Waals surface area contributed by atoms with Crippen molar-refractivity contribution in [1.82, 2.24) is 0 Å². The maximum absolute atomic E-state index is 10.4. The number of aliphatic carboxylic acids is 3. The third kappa shape index (κ3) is 35.4. The average Bonchev–Trinajstić information content (AvgIpc) is 2.46. The SMILES string of the molecule is CCCC(=O)CC(=O)[O-].CCCC(=O)CC(=O)[O-].CCCC(=O)CC(=O)[O-].[Zr+3]. The number of Topliss-reactive ketones (excluding diaryl/α,β-unsaturated/α-hetero) is 3. The predicted octanol–water partition coefficient (Wildman–Crippen LogP) is -1.52. The Hall–Kier alpha value is -1.70. The Morgan fingerprint density at radius 3 is 0.786 bits per heavy atom. The minimum atomic E-state index is -1.28. The summed E-state index contributed by atoms with van der Waals surface area (Å²) in [5.74, 6) is -4.61. The van der Waals surface area contributed by atoms with Gasteiger partial charge in [0.15, 0.2) is 0 Å². The van der Waals surface area contributed by atoms with Crippen molar-refractivity contribution in [3.05, 3.63) is 0 Å². The molecular weight excluding hydrogens is 451 g/mol. The molecule has 0 aliphatic heterocycles. The summed E-state index contributed by atoms with van der Waals surface area (Å²) in [5.41, 5.74) is 0. The molecule has 0 unspecified atom stereocenters. The maximum Gasteiger partial charge on any atom is 3.00 e. The number of carbonyl (C=O) groups excluding carboxylic acids is 6. The number of carbonyl (C=O) groups is 6. The van der Waals surface area contributed by atoms with Crippen molar-refractivity contribution in [3.8, 4) is 0 Å². The van der Waals surface area contributed by atoms with Crippen LogP contribution in [0.3, 0.4) is 0 Å². The Morgan fingerprint density at radius 2 is 0.679 bits per heavy atom. The third-order valence-corrected chi connectivity index (χ3v) is 2.61. The summed E-state index contributed by atoms with van der Waals surface area (Å²) in [5, 5.41) is 29.3. The van der Waals surface area contributed by atoms with E-state index in [0.717, 1.165) is 0 Å². The van der Waals surface area contributed by atoms with Crippen molar-refractivity contribution >= 4 is 35.3 Å². The van der Waals surface area contributed by atoms with E-state index < -0.39 is 37.2 Å². The second kappa shape index (κ2) is 23.3. The number of carboxylic acids is 3. The van der Waals surface area contributed by atoms with Crippen molar-refractivity contribution in [2.75, 3.05) is 0 Å². The van der Waals surface area contributed by atoms with Gasteiger partial charge in [-0.2, -0.15) is 0 Å². The van der Waals surface area contributed by atoms with Crippen LogP contribution in [0.15, 0.2) is 0 Å². The van der Waals surface area contributed by atoms with Gasteiger partial charge in [0.25, 0.3) is 0 Å². The molecule has 0 aromatic rings. The summed E-state index contributed by atoms with van der Waals surface area (Å²) in [6.45, 7) is 5.48. The van der Waals surface area contributed by atoms with Gasteiger partial charge in [-0.1, -0.05) is 20.8 Å². The Labute approximate surface area is 184 Å². The molecule has 0 spiro atoms. The van der Waals surface area contributed by atoms with Crippen LogP contribution >= 0.6 is 0 Å². The van der Waals surface area contributed by atoms with Gasteiger partial charge in [-0.25, -0.2) is 0 Å². The van der Waals surface area contributed by atoms with Crippen LogP contribution in [0.5, 0.6) is 0 Å². The second-order valence-electron chi connectivity index (χ2n) is 5.51. The van der Waals surface area contributed by atoms with Crippen LogP contribution in [0.25, 0.3) is 0 Å². The van der Waals surface area contributed by atoms with E-state index in [0.29, 0.717) is 38.5 Å². The Balaban J connectivity index is -0.000000152. The summed E-state index contributed by atoms with van der Waals surface area (Å²) in [7, 11) is 0. The summed E-state index contributed by atoms with van der Waals surface area (Å²) in [4.78, 5) is 60.6. The van der Waals surface area contributed by atoms with Crippen molar-refractivity contribution in [3.63, 3.8) is 0 Å². The van der Waals surface area contributed by atoms with Gasteiger partial charge in [0.1, 0.15) is 17.3 Å². The fraction of sp³-hybridized carbons (Fsp3) is 0.667. The largest absolute Gasteiger partial charge is 3.00 e. The van der Waals surface area contributed by atoms with Crippen molar-refractivity contribution in [2.45, 2.75) is 78.6 Å². The molecule has 0 atom stereocenters. The minimum Gasteiger partial charge on any atom is -0.550 e. The van der Waals surface area contributed by atoms with E-state index in [2.05, 4.69) is 0 Å². The van der Waals surface area contributed by atoms with Gasteiger partial charge in [-0.15, -0.1) is 0 Å². The number of hydrogen-bond acceptors (Lipinski definition) is 9. The van der Waals surface area contributed by atoms with Crippen LogP contribution in [0.4, 0.5) is 0 Å². The summed E-state index contributed by atoms with van der Waals surface area (Å²) >= 11 is 0. The molecule has 0 saturated carbocycles. The summed E-state index contributed by atoms with van der Waals surface area (Å²) in [6, 6.07) is 0. The smallest absolute Gasteiger partial charge is 0.550 e. The van der Waals surface area contributed by atoms with Crippen LogP contribution < -0.4 is 15.3 Å². The average molecular weight is 479 g/mol. The van der Waals surface area contributed by atoms with Gasteiger partial charge < -0.3 is 29.7 Å². The molecule has 0 aromatic carbocycles. The number of rotatable bonds is 12. The fourth-order valence-electron chi connectivity index (χ4n) is 1.58. The molecule has 0 bridgehead atoms. The zero-order chi connectivity index (χ0) is 21.8. The molecular formula is C18H27O9Zr. The van der Waals surface area contributed by atoms with Crippen molar-refractivity contribution in [1.29, 1.82) is 0 Å². The zero-order valence-corrected chi connectivity index (χ0v) is 19.0. The molecule has 0 N–H and O–H groups in total. The topological polar surface area (TPSA) is 172 Å². The first-order valence-electron chi connectivity index (χ1n) is 8.64. The van der Waals surface area contributed by atoms with Gasteiger partial charge in [-0.05, 0) is 19.3 Å². The van der Waals surface area contributed by atoms with Gasteiger partial charge in [0.05, 0.1) is 0 Å². The first-order valence-corrected chi connectivity index (χ1v) is 8.64. The number of carboxylic acid groups (broad SMARTS) is 3. The number of hydrogen-bond donors (Lipinski definition) is 0. The maximum atomic E-state index is 10.4. The molecule has 0 aliphatic rings. The minimum absolute atomic E-state index is 0. The van der Waals surface area contributed by atoms with Crippen LogP contribution in [-0.2, 0) is 55.0 Å². The molecule has 0 saturated heterocycles. The van der Waals surface area contributed by atoms with E-state index in [9.17, 15) is 44.1 Å². The van der Waals surface area contributed by atoms with E-state index in [1.165, 1.54) is 0 Å². The van der Waals surface area contributed by atoms with Crippen LogP contribution in [0.1, 0.15) is 78.6 Å². The second-order valence-corrected chi connectivity index (χ2v) is 5.51. The van der Waals surface area contributed by atoms with Gasteiger partial charge >= 0.3 is 26.2 Å². The summed E-state index contributed by atoms with van der Waals surface area (Å²) in [6.07, 6.45) is 1.82. The number of ketones is 3. The van der Waals surface area contributed by atoms with Crippen LogP contribution in [0.2, 0.25) is 0 Å². The van der Waals surface area contributed by atoms with Crippen LogP contribution in [-0.4, -0.2) is 35.3 Å². The Kier molecular flexibility index (Phi) is 28.2. The fourth-order valence-corrected chi connectivity index (χ4v) is 1.58. The van der Waals surface area contributed by atoms with Crippen molar-refractivity contribution in [2.24, 2.45) is 0 Å². The molecule has 0 heterocycles. The van der Waals surface area contributed by atoms with Crippen molar-refractivity contribution < 1.29 is 70.3 Å². The molecule has 0 aliphatic carbocycles.